The zero-order chi connectivity index (χ0) is 26.9. The van der Waals surface area contributed by atoms with Gasteiger partial charge in [0.2, 0.25) is 0 Å². The Labute approximate surface area is 216 Å². The molecule has 0 atom stereocenters. The Bertz CT molecular complexity index is 1580. The van der Waals surface area contributed by atoms with Crippen LogP contribution in [0.25, 0.3) is 10.8 Å². The second-order valence-electron chi connectivity index (χ2n) is 9.17. The van der Waals surface area contributed by atoms with Crippen LogP contribution in [0.15, 0.2) is 72.8 Å². The van der Waals surface area contributed by atoms with Gasteiger partial charge >= 0.3 is 0 Å². The topological polar surface area (TPSA) is 109 Å². The molecule has 2 aliphatic rings. The second-order valence-corrected chi connectivity index (χ2v) is 9.17. The molecule has 0 fully saturated rings. The van der Waals surface area contributed by atoms with Crippen LogP contribution < -0.4 is 9.80 Å². The number of imide groups is 2. The smallest absolute Gasteiger partial charge is 0.265 e. The zero-order valence-electron chi connectivity index (χ0n) is 20.3. The van der Waals surface area contributed by atoms with Crippen molar-refractivity contribution >= 4 is 57.3 Å². The van der Waals surface area contributed by atoms with E-state index in [-0.39, 0.29) is 44.6 Å². The molecule has 0 N–H and O–H groups in total. The molecule has 4 aromatic rings. The van der Waals surface area contributed by atoms with Gasteiger partial charge in [0.25, 0.3) is 23.6 Å². The number of nitrogens with zero attached hydrogens (tertiary/aromatic N) is 2. The van der Waals surface area contributed by atoms with E-state index in [1.807, 2.05) is 0 Å². The molecule has 8 nitrogen and oxygen atoms in total. The van der Waals surface area contributed by atoms with E-state index >= 15 is 0 Å². The summed E-state index contributed by atoms with van der Waals surface area (Å²) < 4.78 is 0. The number of benzene rings is 4. The van der Waals surface area contributed by atoms with Crippen LogP contribution in [0.1, 0.15) is 76.0 Å². The van der Waals surface area contributed by atoms with Gasteiger partial charge in [-0.15, -0.1) is 0 Å². The van der Waals surface area contributed by atoms with E-state index in [2.05, 4.69) is 0 Å². The molecule has 6 rings (SSSR count). The lowest BCUT2D eigenvalue weighted by Crippen LogP contribution is -2.43. The second kappa shape index (κ2) is 8.14. The van der Waals surface area contributed by atoms with Crippen LogP contribution >= 0.6 is 0 Å². The van der Waals surface area contributed by atoms with Gasteiger partial charge in [-0.3, -0.25) is 28.8 Å². The van der Waals surface area contributed by atoms with Crippen molar-refractivity contribution in [3.8, 4) is 0 Å². The lowest BCUT2D eigenvalue weighted by Gasteiger charge is -2.32. The number of rotatable bonds is 4. The minimum Gasteiger partial charge on any atom is -0.295 e. The van der Waals surface area contributed by atoms with E-state index in [1.165, 1.54) is 62.4 Å². The summed E-state index contributed by atoms with van der Waals surface area (Å²) in [5.41, 5.74) is 2.26. The number of hydrogen-bond acceptors (Lipinski definition) is 6. The summed E-state index contributed by atoms with van der Waals surface area (Å²) in [5.74, 6) is -2.66. The van der Waals surface area contributed by atoms with Gasteiger partial charge in [-0.25, -0.2) is 9.80 Å². The molecule has 184 valence electrons. The standard InChI is InChI=1S/C30H18N2O6/c1-15(33)17-3-7-19(8-4-17)31-27(35)21-11-13-23-26-24(14-12-22(25(21)26)28(31)36)30(38)32(29(23)37)20-9-5-18(6-10-20)16(2)34/h3-14H,1-2H3. The maximum Gasteiger partial charge on any atom is 0.265 e. The molecule has 4 aromatic carbocycles. The monoisotopic (exact) mass is 502 g/mol. The summed E-state index contributed by atoms with van der Waals surface area (Å²) in [6.07, 6.45) is 0. The normalized spacial score (nSPS) is 14.4. The van der Waals surface area contributed by atoms with Crippen LogP contribution in [-0.4, -0.2) is 35.2 Å². The van der Waals surface area contributed by atoms with Crippen LogP contribution in [-0.2, 0) is 0 Å². The summed E-state index contributed by atoms with van der Waals surface area (Å²) in [6.45, 7) is 2.85. The van der Waals surface area contributed by atoms with Crippen LogP contribution in [0, 0.1) is 0 Å². The first-order valence-electron chi connectivity index (χ1n) is 11.8. The van der Waals surface area contributed by atoms with Crippen molar-refractivity contribution in [1.82, 2.24) is 0 Å². The SMILES string of the molecule is CC(=O)c1ccc(N2C(=O)c3ccc4c5c(ccc(c35)C2=O)C(=O)N(c2ccc(C(C)=O)cc2)C4=O)cc1. The summed E-state index contributed by atoms with van der Waals surface area (Å²) in [7, 11) is 0. The first-order valence-corrected chi connectivity index (χ1v) is 11.8. The third-order valence-corrected chi connectivity index (χ3v) is 6.96. The van der Waals surface area contributed by atoms with E-state index in [0.717, 1.165) is 9.80 Å². The predicted molar refractivity (Wildman–Crippen MR) is 139 cm³/mol. The number of carbonyl (C=O) groups is 6. The fraction of sp³-hybridized carbons (Fsp3) is 0.0667. The van der Waals surface area contributed by atoms with E-state index in [1.54, 1.807) is 24.3 Å². The molecule has 2 aliphatic heterocycles. The highest BCUT2D eigenvalue weighted by atomic mass is 16.2. The third kappa shape index (κ3) is 3.17. The van der Waals surface area contributed by atoms with E-state index < -0.39 is 23.6 Å². The van der Waals surface area contributed by atoms with Crippen molar-refractivity contribution in [2.75, 3.05) is 9.80 Å². The van der Waals surface area contributed by atoms with Crippen LogP contribution in [0.2, 0.25) is 0 Å². The van der Waals surface area contributed by atoms with Crippen molar-refractivity contribution in [2.45, 2.75) is 13.8 Å². The van der Waals surface area contributed by atoms with Gasteiger partial charge in [0.15, 0.2) is 11.6 Å². The first kappa shape index (κ1) is 23.2. The molecule has 0 spiro atoms. The molecule has 0 bridgehead atoms. The average Bonchev–Trinajstić information content (AvgIpc) is 2.91. The van der Waals surface area contributed by atoms with Crippen LogP contribution in [0.3, 0.4) is 0 Å². The minimum atomic E-state index is -0.594. The van der Waals surface area contributed by atoms with Crippen LogP contribution in [0.5, 0.6) is 0 Å². The van der Waals surface area contributed by atoms with Gasteiger partial charge < -0.3 is 0 Å². The van der Waals surface area contributed by atoms with Crippen molar-refractivity contribution in [3.63, 3.8) is 0 Å². The molecule has 0 aliphatic carbocycles. The zero-order valence-corrected chi connectivity index (χ0v) is 20.3. The summed E-state index contributed by atoms with van der Waals surface area (Å²) >= 11 is 0. The summed E-state index contributed by atoms with van der Waals surface area (Å²) in [5, 5.41) is 0.528. The largest absolute Gasteiger partial charge is 0.295 e. The quantitative estimate of drug-likeness (QED) is 0.292. The number of ketones is 2. The van der Waals surface area contributed by atoms with E-state index in [0.29, 0.717) is 22.5 Å². The number of amides is 4. The maximum absolute atomic E-state index is 13.5. The number of carbonyl (C=O) groups excluding carboxylic acids is 6. The predicted octanol–water partition coefficient (Wildman–Crippen LogP) is 4.85. The molecular formula is C30H18N2O6. The molecule has 8 heteroatoms. The maximum atomic E-state index is 13.5. The Morgan fingerprint density at radius 1 is 0.447 bits per heavy atom. The van der Waals surface area contributed by atoms with Crippen molar-refractivity contribution in [1.29, 1.82) is 0 Å². The molecule has 0 radical (unpaired) electrons. The average molecular weight is 502 g/mol. The lowest BCUT2D eigenvalue weighted by molar-refractivity contribution is 0.0873. The van der Waals surface area contributed by atoms with Gasteiger partial charge in [0.05, 0.1) is 11.4 Å². The fourth-order valence-corrected chi connectivity index (χ4v) is 5.03. The molecule has 0 aromatic heterocycles. The molecule has 0 saturated carbocycles. The Morgan fingerprint density at radius 3 is 0.947 bits per heavy atom. The molecular weight excluding hydrogens is 484 g/mol. The number of hydrogen-bond donors (Lipinski definition) is 0. The summed E-state index contributed by atoms with van der Waals surface area (Å²) in [4.78, 5) is 79.4. The van der Waals surface area contributed by atoms with Crippen LogP contribution in [0.4, 0.5) is 11.4 Å². The third-order valence-electron chi connectivity index (χ3n) is 6.96. The Morgan fingerprint density at radius 2 is 0.711 bits per heavy atom. The van der Waals surface area contributed by atoms with Crippen molar-refractivity contribution in [3.05, 3.63) is 106 Å². The van der Waals surface area contributed by atoms with Crippen molar-refractivity contribution in [2.24, 2.45) is 0 Å². The number of anilines is 2. The molecule has 38 heavy (non-hydrogen) atoms. The molecule has 0 unspecified atom stereocenters. The van der Waals surface area contributed by atoms with Gasteiger partial charge in [0, 0.05) is 44.2 Å². The molecule has 2 heterocycles. The Balaban J connectivity index is 1.48. The molecule has 0 saturated heterocycles. The van der Waals surface area contributed by atoms with Gasteiger partial charge in [-0.2, -0.15) is 0 Å². The Kier molecular flexibility index (Phi) is 4.96. The minimum absolute atomic E-state index is 0.143. The first-order chi connectivity index (χ1) is 18.2. The highest BCUT2D eigenvalue weighted by Crippen LogP contribution is 2.40. The van der Waals surface area contributed by atoms with E-state index in [9.17, 15) is 28.8 Å². The fourth-order valence-electron chi connectivity index (χ4n) is 5.03. The Hall–Kier alpha value is -5.24. The lowest BCUT2D eigenvalue weighted by atomic mass is 9.85. The molecule has 4 amide bonds. The highest BCUT2D eigenvalue weighted by molar-refractivity contribution is 6.42. The van der Waals surface area contributed by atoms with Gasteiger partial charge in [-0.1, -0.05) is 0 Å². The van der Waals surface area contributed by atoms with Crippen molar-refractivity contribution < 1.29 is 28.8 Å². The van der Waals surface area contributed by atoms with Gasteiger partial charge in [0.1, 0.15) is 0 Å². The number of Topliss-reactive ketones (excluding diaryl/α,β-unsaturated/α-hetero) is 2. The van der Waals surface area contributed by atoms with E-state index in [4.69, 9.17) is 0 Å². The van der Waals surface area contributed by atoms with Gasteiger partial charge in [-0.05, 0) is 86.6 Å². The summed E-state index contributed by atoms with van der Waals surface area (Å²) in [6, 6.07) is 18.3. The highest BCUT2D eigenvalue weighted by Gasteiger charge is 2.40.